The van der Waals surface area contributed by atoms with Gasteiger partial charge < -0.3 is 9.15 Å². The lowest BCUT2D eigenvalue weighted by molar-refractivity contribution is 0.414. The predicted molar refractivity (Wildman–Crippen MR) is 92.9 cm³/mol. The van der Waals surface area contributed by atoms with Crippen molar-refractivity contribution in [3.63, 3.8) is 0 Å². The van der Waals surface area contributed by atoms with E-state index in [1.807, 2.05) is 13.8 Å². The Labute approximate surface area is 138 Å². The minimum absolute atomic E-state index is 0.00615. The van der Waals surface area contributed by atoms with Gasteiger partial charge in [-0.15, -0.1) is 6.58 Å². The first-order chi connectivity index (χ1) is 11.5. The fourth-order valence-electron chi connectivity index (χ4n) is 2.71. The third kappa shape index (κ3) is 2.40. The minimum Gasteiger partial charge on any atom is -0.497 e. The molecule has 0 unspecified atom stereocenters. The summed E-state index contributed by atoms with van der Waals surface area (Å²) >= 11 is 0. The number of ether oxygens (including phenoxy) is 1. The number of hydrogen-bond donors (Lipinski definition) is 0. The Morgan fingerprint density at radius 2 is 2.12 bits per heavy atom. The van der Waals surface area contributed by atoms with Crippen LogP contribution in [0.1, 0.15) is 25.6 Å². The van der Waals surface area contributed by atoms with Crippen molar-refractivity contribution in [2.75, 3.05) is 7.11 Å². The minimum atomic E-state index is -0.407. The quantitative estimate of drug-likeness (QED) is 0.544. The number of allylic oxidation sites excluding steroid dienone is 1. The molecule has 0 atom stereocenters. The SMILES string of the molecule is C=CCn1c(C(C)C)nc2oc3cc(OC)ccc3c(=O)c2c1=O. The van der Waals surface area contributed by atoms with Crippen LogP contribution < -0.4 is 15.7 Å². The number of hydrogen-bond acceptors (Lipinski definition) is 5. The van der Waals surface area contributed by atoms with Gasteiger partial charge >= 0.3 is 0 Å². The summed E-state index contributed by atoms with van der Waals surface area (Å²) in [5.41, 5.74) is -0.403. The monoisotopic (exact) mass is 326 g/mol. The van der Waals surface area contributed by atoms with Gasteiger partial charge in [0.25, 0.3) is 5.56 Å². The summed E-state index contributed by atoms with van der Waals surface area (Å²) in [5, 5.41) is 0.281. The zero-order valence-electron chi connectivity index (χ0n) is 13.8. The number of nitrogens with zero attached hydrogens (tertiary/aromatic N) is 2. The Hall–Kier alpha value is -2.89. The Bertz CT molecular complexity index is 1060. The van der Waals surface area contributed by atoms with E-state index >= 15 is 0 Å². The summed E-state index contributed by atoms with van der Waals surface area (Å²) in [4.78, 5) is 30.0. The normalized spacial score (nSPS) is 11.3. The van der Waals surface area contributed by atoms with Gasteiger partial charge in [-0.1, -0.05) is 19.9 Å². The van der Waals surface area contributed by atoms with Crippen LogP contribution in [0.15, 0.2) is 44.9 Å². The second-order valence-corrected chi connectivity index (χ2v) is 5.80. The molecule has 0 fully saturated rings. The summed E-state index contributed by atoms with van der Waals surface area (Å²) < 4.78 is 12.4. The molecular formula is C18H18N2O4. The fraction of sp³-hybridized carbons (Fsp3) is 0.278. The molecule has 0 spiro atoms. The van der Waals surface area contributed by atoms with E-state index in [4.69, 9.17) is 9.15 Å². The molecule has 0 saturated heterocycles. The zero-order chi connectivity index (χ0) is 17.4. The molecule has 0 bridgehead atoms. The van der Waals surface area contributed by atoms with Gasteiger partial charge in [0.2, 0.25) is 11.1 Å². The highest BCUT2D eigenvalue weighted by molar-refractivity contribution is 5.88. The number of rotatable bonds is 4. The fourth-order valence-corrected chi connectivity index (χ4v) is 2.71. The van der Waals surface area contributed by atoms with Crippen LogP contribution in [0.25, 0.3) is 22.1 Å². The molecule has 3 aromatic rings. The summed E-state index contributed by atoms with van der Waals surface area (Å²) in [6.07, 6.45) is 1.61. The molecule has 0 N–H and O–H groups in total. The second kappa shape index (κ2) is 5.96. The lowest BCUT2D eigenvalue weighted by Gasteiger charge is -2.14. The highest BCUT2D eigenvalue weighted by atomic mass is 16.5. The molecule has 3 rings (SSSR count). The molecule has 2 heterocycles. The Morgan fingerprint density at radius 3 is 2.75 bits per heavy atom. The number of benzene rings is 1. The van der Waals surface area contributed by atoms with Gasteiger partial charge in [-0.05, 0) is 12.1 Å². The highest BCUT2D eigenvalue weighted by Gasteiger charge is 2.19. The van der Waals surface area contributed by atoms with Crippen molar-refractivity contribution < 1.29 is 9.15 Å². The van der Waals surface area contributed by atoms with Crippen LogP contribution in [0.3, 0.4) is 0 Å². The lowest BCUT2D eigenvalue weighted by Crippen LogP contribution is -2.29. The maximum Gasteiger partial charge on any atom is 0.269 e. The molecular weight excluding hydrogens is 308 g/mol. The second-order valence-electron chi connectivity index (χ2n) is 5.80. The van der Waals surface area contributed by atoms with Crippen LogP contribution in [-0.2, 0) is 6.54 Å². The first kappa shape index (κ1) is 16.0. The van der Waals surface area contributed by atoms with Crippen molar-refractivity contribution >= 4 is 22.1 Å². The van der Waals surface area contributed by atoms with Crippen molar-refractivity contribution in [2.45, 2.75) is 26.3 Å². The van der Waals surface area contributed by atoms with E-state index in [0.717, 1.165) is 0 Å². The molecule has 0 amide bonds. The molecule has 24 heavy (non-hydrogen) atoms. The summed E-state index contributed by atoms with van der Waals surface area (Å²) in [5.74, 6) is 1.11. The molecule has 0 aliphatic heterocycles. The Morgan fingerprint density at radius 1 is 1.38 bits per heavy atom. The van der Waals surface area contributed by atoms with Gasteiger partial charge in [0.05, 0.1) is 12.5 Å². The van der Waals surface area contributed by atoms with E-state index in [1.54, 1.807) is 24.3 Å². The van der Waals surface area contributed by atoms with Crippen molar-refractivity contribution in [3.8, 4) is 5.75 Å². The van der Waals surface area contributed by atoms with Gasteiger partial charge in [0.1, 0.15) is 17.2 Å². The zero-order valence-corrected chi connectivity index (χ0v) is 13.8. The number of fused-ring (bicyclic) bond motifs is 2. The van der Waals surface area contributed by atoms with E-state index in [1.165, 1.54) is 11.7 Å². The average molecular weight is 326 g/mol. The Balaban J connectivity index is 2.49. The topological polar surface area (TPSA) is 74.3 Å². The molecule has 124 valence electrons. The predicted octanol–water partition coefficient (Wildman–Crippen LogP) is 2.82. The van der Waals surface area contributed by atoms with Crippen molar-refractivity contribution in [1.82, 2.24) is 9.55 Å². The van der Waals surface area contributed by atoms with E-state index in [2.05, 4.69) is 11.6 Å². The third-order valence-corrected chi connectivity index (χ3v) is 3.86. The third-order valence-electron chi connectivity index (χ3n) is 3.86. The summed E-state index contributed by atoms with van der Waals surface area (Å²) in [6, 6.07) is 4.86. The Kier molecular flexibility index (Phi) is 3.97. The van der Waals surface area contributed by atoms with Crippen LogP contribution in [-0.4, -0.2) is 16.7 Å². The van der Waals surface area contributed by atoms with Crippen LogP contribution >= 0.6 is 0 Å². The largest absolute Gasteiger partial charge is 0.497 e. The van der Waals surface area contributed by atoms with Gasteiger partial charge in [0.15, 0.2) is 5.39 Å². The van der Waals surface area contributed by atoms with Crippen LogP contribution in [0.4, 0.5) is 0 Å². The summed E-state index contributed by atoms with van der Waals surface area (Å²) in [6.45, 7) is 7.81. The van der Waals surface area contributed by atoms with Gasteiger partial charge in [-0.25, -0.2) is 0 Å². The van der Waals surface area contributed by atoms with Gasteiger partial charge in [-0.3, -0.25) is 14.2 Å². The first-order valence-corrected chi connectivity index (χ1v) is 7.64. The van der Waals surface area contributed by atoms with Gasteiger partial charge in [-0.2, -0.15) is 4.98 Å². The number of aromatic nitrogens is 2. The molecule has 6 heteroatoms. The van der Waals surface area contributed by atoms with Crippen molar-refractivity contribution in [2.24, 2.45) is 0 Å². The van der Waals surface area contributed by atoms with Crippen LogP contribution in [0, 0.1) is 0 Å². The smallest absolute Gasteiger partial charge is 0.269 e. The number of methoxy groups -OCH3 is 1. The molecule has 0 aliphatic carbocycles. The maximum atomic E-state index is 12.8. The lowest BCUT2D eigenvalue weighted by atomic mass is 10.1. The van der Waals surface area contributed by atoms with E-state index in [-0.39, 0.29) is 29.0 Å². The average Bonchev–Trinajstić information content (AvgIpc) is 2.56. The standard InChI is InChI=1S/C18H18N2O4/c1-5-8-20-16(10(2)3)19-17-14(18(20)22)15(21)12-7-6-11(23-4)9-13(12)24-17/h5-7,9-10H,1,8H2,2-4H3. The first-order valence-electron chi connectivity index (χ1n) is 7.64. The van der Waals surface area contributed by atoms with Gasteiger partial charge in [0, 0.05) is 18.5 Å². The highest BCUT2D eigenvalue weighted by Crippen LogP contribution is 2.22. The summed E-state index contributed by atoms with van der Waals surface area (Å²) in [7, 11) is 1.53. The van der Waals surface area contributed by atoms with E-state index in [0.29, 0.717) is 22.5 Å². The molecule has 0 aliphatic rings. The van der Waals surface area contributed by atoms with E-state index < -0.39 is 5.56 Å². The molecule has 2 aromatic heterocycles. The van der Waals surface area contributed by atoms with Crippen molar-refractivity contribution in [1.29, 1.82) is 0 Å². The van der Waals surface area contributed by atoms with E-state index in [9.17, 15) is 9.59 Å². The van der Waals surface area contributed by atoms with Crippen molar-refractivity contribution in [3.05, 3.63) is 57.3 Å². The molecule has 0 radical (unpaired) electrons. The molecule has 6 nitrogen and oxygen atoms in total. The maximum absolute atomic E-state index is 12.8. The van der Waals surface area contributed by atoms with Crippen LogP contribution in [0.2, 0.25) is 0 Å². The molecule has 0 saturated carbocycles. The van der Waals surface area contributed by atoms with Crippen LogP contribution in [0.5, 0.6) is 5.75 Å². The molecule has 1 aromatic carbocycles.